The fraction of sp³-hybridized carbons (Fsp3) is 0.440. The Balaban J connectivity index is 1.65. The van der Waals surface area contributed by atoms with Gasteiger partial charge in [0.15, 0.2) is 5.60 Å². The fourth-order valence-corrected chi connectivity index (χ4v) is 3.67. The molecule has 0 bridgehead atoms. The topological polar surface area (TPSA) is 76.1 Å². The molecule has 2 aromatic carbocycles. The maximum absolute atomic E-state index is 12.7. The average molecular weight is 426 g/mol. The van der Waals surface area contributed by atoms with Crippen molar-refractivity contribution in [2.75, 3.05) is 13.1 Å². The Morgan fingerprint density at radius 2 is 1.81 bits per heavy atom. The summed E-state index contributed by atoms with van der Waals surface area (Å²) >= 11 is 0. The van der Waals surface area contributed by atoms with Gasteiger partial charge in [-0.3, -0.25) is 0 Å². The van der Waals surface area contributed by atoms with Crippen molar-refractivity contribution in [3.63, 3.8) is 0 Å². The van der Waals surface area contributed by atoms with Crippen LogP contribution in [-0.4, -0.2) is 40.8 Å². The molecule has 1 atom stereocenters. The van der Waals surface area contributed by atoms with Gasteiger partial charge in [0.25, 0.3) is 0 Å². The van der Waals surface area contributed by atoms with Crippen molar-refractivity contribution in [1.29, 1.82) is 0 Å². The number of piperidine rings is 1. The molecule has 1 heterocycles. The molecular weight excluding hydrogens is 394 g/mol. The van der Waals surface area contributed by atoms with E-state index in [-0.39, 0.29) is 12.0 Å². The highest BCUT2D eigenvalue weighted by molar-refractivity contribution is 5.76. The van der Waals surface area contributed by atoms with Gasteiger partial charge in [-0.15, -0.1) is 0 Å². The molecule has 1 saturated heterocycles. The van der Waals surface area contributed by atoms with E-state index in [4.69, 9.17) is 9.47 Å². The van der Waals surface area contributed by atoms with Crippen LogP contribution in [0, 0.1) is 0 Å². The molecule has 1 aliphatic heterocycles. The largest absolute Gasteiger partial charge is 0.478 e. The van der Waals surface area contributed by atoms with Crippen LogP contribution in [0.15, 0.2) is 48.5 Å². The zero-order valence-electron chi connectivity index (χ0n) is 18.6. The van der Waals surface area contributed by atoms with E-state index < -0.39 is 11.6 Å². The van der Waals surface area contributed by atoms with Gasteiger partial charge in [-0.2, -0.15) is 0 Å². The van der Waals surface area contributed by atoms with Gasteiger partial charge in [0, 0.05) is 19.0 Å². The number of carbonyl (C=O) groups excluding carboxylic acids is 1. The average Bonchev–Trinajstić information content (AvgIpc) is 2.74. The van der Waals surface area contributed by atoms with Crippen LogP contribution in [0.3, 0.4) is 0 Å². The molecule has 31 heavy (non-hydrogen) atoms. The molecule has 0 spiro atoms. The third-order valence-electron chi connectivity index (χ3n) is 5.65. The van der Waals surface area contributed by atoms with Crippen molar-refractivity contribution in [1.82, 2.24) is 4.90 Å². The summed E-state index contributed by atoms with van der Waals surface area (Å²) in [5.41, 5.74) is 0.912. The number of ether oxygens (including phenoxy) is 2. The lowest BCUT2D eigenvalue weighted by Gasteiger charge is -2.32. The number of hydrogen-bond acceptors (Lipinski definition) is 4. The van der Waals surface area contributed by atoms with E-state index in [9.17, 15) is 14.7 Å². The van der Waals surface area contributed by atoms with E-state index in [1.165, 1.54) is 19.4 Å². The minimum absolute atomic E-state index is 0.140. The summed E-state index contributed by atoms with van der Waals surface area (Å²) in [5, 5.41) is 9.30. The Labute approximate surface area is 183 Å². The van der Waals surface area contributed by atoms with E-state index in [1.807, 2.05) is 42.5 Å². The highest BCUT2D eigenvalue weighted by Crippen LogP contribution is 2.31. The molecule has 0 radical (unpaired) electrons. The molecule has 0 aliphatic carbocycles. The lowest BCUT2D eigenvalue weighted by molar-refractivity contribution is -0.152. The molecule has 2 aromatic rings. The standard InChI is InChI=1S/C25H31NO5/c1-17(2)18-10-12-21(13-11-18)30-24(29)26-14-6-8-20(16-26)19-7-5-9-22(15-19)31-25(3,4)23(27)28/h5,7,9-13,15,17,20H,6,8,14,16H2,1-4H3,(H,27,28)/t20-/m1/s1. The van der Waals surface area contributed by atoms with Crippen LogP contribution in [0.5, 0.6) is 11.5 Å². The van der Waals surface area contributed by atoms with Crippen molar-refractivity contribution in [2.45, 2.75) is 58.0 Å². The second-order valence-electron chi connectivity index (χ2n) is 8.87. The predicted molar refractivity (Wildman–Crippen MR) is 119 cm³/mol. The Bertz CT molecular complexity index is 920. The van der Waals surface area contributed by atoms with Crippen LogP contribution in [0.1, 0.15) is 63.5 Å². The van der Waals surface area contributed by atoms with Crippen LogP contribution < -0.4 is 9.47 Å². The molecular formula is C25H31NO5. The Morgan fingerprint density at radius 1 is 1.10 bits per heavy atom. The Kier molecular flexibility index (Phi) is 6.88. The first kappa shape index (κ1) is 22.7. The number of carboxylic acids is 1. The normalized spacial score (nSPS) is 16.8. The molecule has 0 saturated carbocycles. The second kappa shape index (κ2) is 9.41. The Morgan fingerprint density at radius 3 is 2.45 bits per heavy atom. The Hall–Kier alpha value is -3.02. The minimum Gasteiger partial charge on any atom is -0.478 e. The summed E-state index contributed by atoms with van der Waals surface area (Å²) in [4.78, 5) is 25.8. The number of carbonyl (C=O) groups is 2. The quantitative estimate of drug-likeness (QED) is 0.668. The fourth-order valence-electron chi connectivity index (χ4n) is 3.67. The highest BCUT2D eigenvalue weighted by atomic mass is 16.6. The number of benzene rings is 2. The van der Waals surface area contributed by atoms with Crippen LogP contribution >= 0.6 is 0 Å². The molecule has 0 aromatic heterocycles. The summed E-state index contributed by atoms with van der Waals surface area (Å²) in [6, 6.07) is 15.1. The lowest BCUT2D eigenvalue weighted by atomic mass is 9.90. The second-order valence-corrected chi connectivity index (χ2v) is 8.87. The van der Waals surface area contributed by atoms with Crippen molar-refractivity contribution in [3.05, 3.63) is 59.7 Å². The highest BCUT2D eigenvalue weighted by Gasteiger charge is 2.30. The maximum Gasteiger partial charge on any atom is 0.415 e. The van der Waals surface area contributed by atoms with Gasteiger partial charge in [0.2, 0.25) is 0 Å². The number of carboxylic acid groups (broad SMARTS) is 1. The summed E-state index contributed by atoms with van der Waals surface area (Å²) in [6.07, 6.45) is 1.47. The van der Waals surface area contributed by atoms with Gasteiger partial charge in [0.1, 0.15) is 11.5 Å². The number of rotatable bonds is 6. The van der Waals surface area contributed by atoms with Gasteiger partial charge in [-0.05, 0) is 68.0 Å². The van der Waals surface area contributed by atoms with E-state index in [0.717, 1.165) is 18.4 Å². The molecule has 1 fully saturated rings. The first-order valence-corrected chi connectivity index (χ1v) is 10.7. The van der Waals surface area contributed by atoms with Crippen molar-refractivity contribution in [3.8, 4) is 11.5 Å². The smallest absolute Gasteiger partial charge is 0.415 e. The van der Waals surface area contributed by atoms with E-state index in [2.05, 4.69) is 13.8 Å². The minimum atomic E-state index is -1.31. The van der Waals surface area contributed by atoms with Crippen LogP contribution in [-0.2, 0) is 4.79 Å². The summed E-state index contributed by atoms with van der Waals surface area (Å²) in [6.45, 7) is 8.49. The monoisotopic (exact) mass is 425 g/mol. The molecule has 1 amide bonds. The number of likely N-dealkylation sites (tertiary alicyclic amines) is 1. The van der Waals surface area contributed by atoms with Gasteiger partial charge in [-0.1, -0.05) is 38.1 Å². The van der Waals surface area contributed by atoms with Crippen molar-refractivity contribution >= 4 is 12.1 Å². The van der Waals surface area contributed by atoms with Crippen LogP contribution in [0.4, 0.5) is 4.79 Å². The van der Waals surface area contributed by atoms with E-state index in [1.54, 1.807) is 11.0 Å². The maximum atomic E-state index is 12.7. The number of hydrogen-bond donors (Lipinski definition) is 1. The zero-order valence-corrected chi connectivity index (χ0v) is 18.6. The summed E-state index contributed by atoms with van der Waals surface area (Å²) in [5.74, 6) is 0.595. The molecule has 0 unspecified atom stereocenters. The lowest BCUT2D eigenvalue weighted by Crippen LogP contribution is -2.40. The molecule has 1 N–H and O–H groups in total. The first-order valence-electron chi connectivity index (χ1n) is 10.7. The zero-order chi connectivity index (χ0) is 22.6. The number of aliphatic carboxylic acids is 1. The summed E-state index contributed by atoms with van der Waals surface area (Å²) in [7, 11) is 0. The third kappa shape index (κ3) is 5.78. The van der Waals surface area contributed by atoms with Crippen LogP contribution in [0.2, 0.25) is 0 Å². The molecule has 6 nitrogen and oxygen atoms in total. The number of nitrogens with zero attached hydrogens (tertiary/aromatic N) is 1. The first-order chi connectivity index (χ1) is 14.7. The molecule has 1 aliphatic rings. The third-order valence-corrected chi connectivity index (χ3v) is 5.65. The van der Waals surface area contributed by atoms with Crippen molar-refractivity contribution in [2.24, 2.45) is 0 Å². The molecule has 6 heteroatoms. The number of amides is 1. The van der Waals surface area contributed by atoms with Gasteiger partial charge >= 0.3 is 12.1 Å². The SMILES string of the molecule is CC(C)c1ccc(OC(=O)N2CCC[C@@H](c3cccc(OC(C)(C)C(=O)O)c3)C2)cc1. The molecule has 3 rings (SSSR count). The van der Waals surface area contributed by atoms with E-state index >= 15 is 0 Å². The van der Waals surface area contributed by atoms with Crippen molar-refractivity contribution < 1.29 is 24.2 Å². The van der Waals surface area contributed by atoms with Crippen LogP contribution in [0.25, 0.3) is 0 Å². The summed E-state index contributed by atoms with van der Waals surface area (Å²) < 4.78 is 11.3. The van der Waals surface area contributed by atoms with Gasteiger partial charge < -0.3 is 19.5 Å². The predicted octanol–water partition coefficient (Wildman–Crippen LogP) is 5.43. The molecule has 166 valence electrons. The van der Waals surface area contributed by atoms with Gasteiger partial charge in [0.05, 0.1) is 0 Å². The van der Waals surface area contributed by atoms with Gasteiger partial charge in [-0.25, -0.2) is 9.59 Å². The van der Waals surface area contributed by atoms with E-state index in [0.29, 0.717) is 30.5 Å².